The molecule has 0 aliphatic carbocycles. The first-order valence-electron chi connectivity index (χ1n) is 7.82. The maximum Gasteiger partial charge on any atom is 0.180 e. The highest BCUT2D eigenvalue weighted by Gasteiger charge is 2.27. The number of ketones is 1. The lowest BCUT2D eigenvalue weighted by Crippen LogP contribution is -2.38. The van der Waals surface area contributed by atoms with Crippen LogP contribution in [0.1, 0.15) is 30.6 Å². The molecule has 4 heteroatoms. The highest BCUT2D eigenvalue weighted by atomic mass is 16.5. The number of methoxy groups -OCH3 is 1. The number of hydrogen-bond donors (Lipinski definition) is 0. The number of carbonyl (C=O) groups excluding carboxylic acids is 1. The Morgan fingerprint density at radius 2 is 2.05 bits per heavy atom. The van der Waals surface area contributed by atoms with Crippen LogP contribution in [-0.4, -0.2) is 61.5 Å². The quantitative estimate of drug-likeness (QED) is 0.721. The third-order valence-corrected chi connectivity index (χ3v) is 4.35. The predicted molar refractivity (Wildman–Crippen MR) is 85.1 cm³/mol. The van der Waals surface area contributed by atoms with Crippen LogP contribution in [0.15, 0.2) is 24.3 Å². The molecule has 21 heavy (non-hydrogen) atoms. The van der Waals surface area contributed by atoms with Crippen molar-refractivity contribution >= 4 is 5.78 Å². The number of Topliss-reactive ketones (excluding diaryl/α,β-unsaturated/α-hetero) is 1. The van der Waals surface area contributed by atoms with Crippen LogP contribution in [-0.2, 0) is 0 Å². The molecular formula is C17H26N2O2. The van der Waals surface area contributed by atoms with E-state index in [1.54, 1.807) is 7.11 Å². The first-order chi connectivity index (χ1) is 10.2. The van der Waals surface area contributed by atoms with Crippen molar-refractivity contribution in [2.45, 2.75) is 26.3 Å². The van der Waals surface area contributed by atoms with Crippen LogP contribution in [0.2, 0.25) is 0 Å². The highest BCUT2D eigenvalue weighted by Crippen LogP contribution is 2.20. The Hall–Kier alpha value is -1.39. The van der Waals surface area contributed by atoms with E-state index in [1.807, 2.05) is 24.3 Å². The Labute approximate surface area is 127 Å². The number of hydrogen-bond acceptors (Lipinski definition) is 4. The van der Waals surface area contributed by atoms with Crippen LogP contribution in [0.4, 0.5) is 0 Å². The molecular weight excluding hydrogens is 264 g/mol. The van der Waals surface area contributed by atoms with Gasteiger partial charge in [-0.25, -0.2) is 0 Å². The second kappa shape index (κ2) is 7.57. The van der Waals surface area contributed by atoms with Gasteiger partial charge in [-0.05, 0) is 31.6 Å². The fourth-order valence-electron chi connectivity index (χ4n) is 3.16. The summed E-state index contributed by atoms with van der Waals surface area (Å²) in [5.74, 6) is 0.814. The van der Waals surface area contributed by atoms with E-state index < -0.39 is 0 Å². The fraction of sp³-hybridized carbons (Fsp3) is 0.588. The van der Waals surface area contributed by atoms with Crippen molar-refractivity contribution in [2.75, 3.05) is 39.8 Å². The molecule has 1 aromatic carbocycles. The lowest BCUT2D eigenvalue weighted by Gasteiger charge is -2.26. The maximum absolute atomic E-state index is 12.5. The highest BCUT2D eigenvalue weighted by molar-refractivity contribution is 6.00. The average molecular weight is 290 g/mol. The molecule has 0 amide bonds. The third-order valence-electron chi connectivity index (χ3n) is 4.35. The molecule has 1 saturated heterocycles. The van der Waals surface area contributed by atoms with Gasteiger partial charge >= 0.3 is 0 Å². The van der Waals surface area contributed by atoms with Gasteiger partial charge in [0, 0.05) is 19.1 Å². The summed E-state index contributed by atoms with van der Waals surface area (Å²) in [6, 6.07) is 8.06. The van der Waals surface area contributed by atoms with Gasteiger partial charge in [0.2, 0.25) is 0 Å². The Bertz CT molecular complexity index is 472. The van der Waals surface area contributed by atoms with Gasteiger partial charge in [0.05, 0.1) is 19.2 Å². The Balaban J connectivity index is 1.95. The summed E-state index contributed by atoms with van der Waals surface area (Å²) in [6.07, 6.45) is 1.15. The van der Waals surface area contributed by atoms with E-state index in [2.05, 4.69) is 23.6 Å². The molecule has 1 aromatic rings. The molecule has 0 radical (unpaired) electrons. The lowest BCUT2D eigenvalue weighted by atomic mass is 10.1. The molecule has 1 fully saturated rings. The van der Waals surface area contributed by atoms with E-state index in [4.69, 9.17) is 4.74 Å². The summed E-state index contributed by atoms with van der Waals surface area (Å²) in [7, 11) is 1.61. The predicted octanol–water partition coefficient (Wildman–Crippen LogP) is 2.29. The van der Waals surface area contributed by atoms with Crippen molar-refractivity contribution in [3.8, 4) is 5.75 Å². The molecule has 0 aromatic heterocycles. The van der Waals surface area contributed by atoms with Crippen LogP contribution < -0.4 is 4.74 Å². The number of para-hydroxylation sites is 1. The number of nitrogens with zero attached hydrogens (tertiary/aromatic N) is 2. The summed E-state index contributed by atoms with van der Waals surface area (Å²) in [5.41, 5.74) is 0.686. The summed E-state index contributed by atoms with van der Waals surface area (Å²) in [6.45, 7) is 9.03. The van der Waals surface area contributed by atoms with E-state index in [-0.39, 0.29) is 5.78 Å². The van der Waals surface area contributed by atoms with E-state index in [0.29, 0.717) is 23.9 Å². The number of likely N-dealkylation sites (tertiary alicyclic amines) is 1. The maximum atomic E-state index is 12.5. The van der Waals surface area contributed by atoms with Crippen molar-refractivity contribution in [3.05, 3.63) is 29.8 Å². The minimum Gasteiger partial charge on any atom is -0.496 e. The van der Waals surface area contributed by atoms with E-state index in [1.165, 1.54) is 0 Å². The smallest absolute Gasteiger partial charge is 0.180 e. The van der Waals surface area contributed by atoms with E-state index in [9.17, 15) is 4.79 Å². The Kier molecular flexibility index (Phi) is 5.76. The second-order valence-electron chi connectivity index (χ2n) is 5.52. The van der Waals surface area contributed by atoms with Crippen LogP contribution >= 0.6 is 0 Å². The number of likely N-dealkylation sites (N-methyl/N-ethyl adjacent to an activating group) is 1. The molecule has 0 saturated carbocycles. The molecule has 116 valence electrons. The first kappa shape index (κ1) is 16.0. The van der Waals surface area contributed by atoms with Gasteiger partial charge in [-0.1, -0.05) is 26.0 Å². The normalized spacial score (nSPS) is 19.1. The monoisotopic (exact) mass is 290 g/mol. The summed E-state index contributed by atoms with van der Waals surface area (Å²) in [4.78, 5) is 17.2. The Morgan fingerprint density at radius 3 is 2.71 bits per heavy atom. The van der Waals surface area contributed by atoms with Crippen LogP contribution in [0.25, 0.3) is 0 Å². The molecule has 1 aliphatic heterocycles. The largest absolute Gasteiger partial charge is 0.496 e. The van der Waals surface area contributed by atoms with Crippen LogP contribution in [0.3, 0.4) is 0 Å². The van der Waals surface area contributed by atoms with Crippen molar-refractivity contribution in [1.29, 1.82) is 0 Å². The van der Waals surface area contributed by atoms with Crippen molar-refractivity contribution in [1.82, 2.24) is 9.80 Å². The van der Waals surface area contributed by atoms with Gasteiger partial charge in [0.15, 0.2) is 5.78 Å². The summed E-state index contributed by atoms with van der Waals surface area (Å²) >= 11 is 0. The Morgan fingerprint density at radius 1 is 1.33 bits per heavy atom. The molecule has 1 heterocycles. The second-order valence-corrected chi connectivity index (χ2v) is 5.52. The van der Waals surface area contributed by atoms with Crippen LogP contribution in [0, 0.1) is 0 Å². The molecule has 1 unspecified atom stereocenters. The van der Waals surface area contributed by atoms with E-state index >= 15 is 0 Å². The summed E-state index contributed by atoms with van der Waals surface area (Å²) in [5, 5.41) is 0. The molecule has 0 spiro atoms. The molecule has 4 nitrogen and oxygen atoms in total. The number of ether oxygens (including phenoxy) is 1. The van der Waals surface area contributed by atoms with Crippen LogP contribution in [0.5, 0.6) is 5.75 Å². The first-order valence-corrected chi connectivity index (χ1v) is 7.82. The number of rotatable bonds is 7. The van der Waals surface area contributed by atoms with Gasteiger partial charge in [-0.3, -0.25) is 14.6 Å². The minimum absolute atomic E-state index is 0.146. The third kappa shape index (κ3) is 3.83. The van der Waals surface area contributed by atoms with Gasteiger partial charge < -0.3 is 4.74 Å². The molecule has 2 rings (SSSR count). The topological polar surface area (TPSA) is 32.8 Å². The van der Waals surface area contributed by atoms with Crippen molar-refractivity contribution < 1.29 is 9.53 Å². The van der Waals surface area contributed by atoms with Gasteiger partial charge in [0.1, 0.15) is 5.75 Å². The van der Waals surface area contributed by atoms with Gasteiger partial charge in [-0.15, -0.1) is 0 Å². The SMILES string of the molecule is CCN(CC)C1CCN(CC(=O)c2ccccc2OC)C1. The van der Waals surface area contributed by atoms with Gasteiger partial charge in [-0.2, -0.15) is 0 Å². The number of carbonyl (C=O) groups is 1. The fourth-order valence-corrected chi connectivity index (χ4v) is 3.16. The average Bonchev–Trinajstić information content (AvgIpc) is 2.96. The molecule has 0 bridgehead atoms. The molecule has 0 N–H and O–H groups in total. The van der Waals surface area contributed by atoms with Gasteiger partial charge in [0.25, 0.3) is 0 Å². The lowest BCUT2D eigenvalue weighted by molar-refractivity contribution is 0.0936. The van der Waals surface area contributed by atoms with E-state index in [0.717, 1.165) is 32.6 Å². The van der Waals surface area contributed by atoms with Crippen molar-refractivity contribution in [3.63, 3.8) is 0 Å². The zero-order valence-electron chi connectivity index (χ0n) is 13.3. The standard InChI is InChI=1S/C17H26N2O2/c1-4-19(5-2)14-10-11-18(12-14)13-16(20)15-8-6-7-9-17(15)21-3/h6-9,14H,4-5,10-13H2,1-3H3. The van der Waals surface area contributed by atoms with Crippen molar-refractivity contribution in [2.24, 2.45) is 0 Å². The molecule has 1 aliphatic rings. The summed E-state index contributed by atoms with van der Waals surface area (Å²) < 4.78 is 5.28. The minimum atomic E-state index is 0.146. The zero-order chi connectivity index (χ0) is 15.2. The number of benzene rings is 1. The molecule has 1 atom stereocenters. The zero-order valence-corrected chi connectivity index (χ0v) is 13.3.